The lowest BCUT2D eigenvalue weighted by atomic mass is 10.1. The quantitative estimate of drug-likeness (QED) is 0.850. The fraction of sp³-hybridized carbons (Fsp3) is 0.200. The molecular weight excluding hydrogens is 274 g/mol. The number of carbonyl (C=O) groups excluding carboxylic acids is 1. The third-order valence-electron chi connectivity index (χ3n) is 2.92. The van der Waals surface area contributed by atoms with E-state index in [-0.39, 0.29) is 5.91 Å². The number of aromatic nitrogens is 1. The molecule has 0 aliphatic heterocycles. The highest BCUT2D eigenvalue weighted by atomic mass is 35.5. The van der Waals surface area contributed by atoms with Gasteiger partial charge in [0.05, 0.1) is 17.9 Å². The maximum atomic E-state index is 12.0. The summed E-state index contributed by atoms with van der Waals surface area (Å²) in [5.74, 6) is -0.239. The van der Waals surface area contributed by atoms with Crippen molar-refractivity contribution in [2.75, 3.05) is 5.32 Å². The van der Waals surface area contributed by atoms with Gasteiger partial charge in [0.25, 0.3) is 0 Å². The first-order valence-corrected chi connectivity index (χ1v) is 6.66. The second-order valence-electron chi connectivity index (χ2n) is 4.62. The van der Waals surface area contributed by atoms with Crippen molar-refractivity contribution in [3.63, 3.8) is 0 Å². The van der Waals surface area contributed by atoms with Gasteiger partial charge in [-0.25, -0.2) is 4.98 Å². The number of rotatable bonds is 4. The highest BCUT2D eigenvalue weighted by Crippen LogP contribution is 2.16. The van der Waals surface area contributed by atoms with Gasteiger partial charge in [0, 0.05) is 0 Å². The van der Waals surface area contributed by atoms with E-state index < -0.39 is 6.04 Å². The summed E-state index contributed by atoms with van der Waals surface area (Å²) in [6, 6.07) is 10.8. The molecule has 1 atom stereocenters. The molecule has 0 spiro atoms. The zero-order valence-corrected chi connectivity index (χ0v) is 11.9. The van der Waals surface area contributed by atoms with Crippen LogP contribution in [-0.4, -0.2) is 16.9 Å². The van der Waals surface area contributed by atoms with Crippen LogP contribution in [0.1, 0.15) is 11.1 Å². The van der Waals surface area contributed by atoms with E-state index in [1.54, 1.807) is 6.07 Å². The van der Waals surface area contributed by atoms with Crippen molar-refractivity contribution in [2.45, 2.75) is 19.4 Å². The van der Waals surface area contributed by atoms with E-state index >= 15 is 0 Å². The molecule has 1 heterocycles. The summed E-state index contributed by atoms with van der Waals surface area (Å²) >= 11 is 5.84. The van der Waals surface area contributed by atoms with Crippen LogP contribution in [0.5, 0.6) is 0 Å². The van der Waals surface area contributed by atoms with Gasteiger partial charge in [0.1, 0.15) is 5.15 Å². The van der Waals surface area contributed by atoms with E-state index in [1.165, 1.54) is 6.20 Å². The summed E-state index contributed by atoms with van der Waals surface area (Å²) in [6.45, 7) is 1.83. The molecule has 20 heavy (non-hydrogen) atoms. The van der Waals surface area contributed by atoms with Gasteiger partial charge in [-0.2, -0.15) is 0 Å². The Bertz CT molecular complexity index is 601. The molecule has 0 saturated carbocycles. The molecule has 2 rings (SSSR count). The Morgan fingerprint density at radius 2 is 2.10 bits per heavy atom. The van der Waals surface area contributed by atoms with E-state index in [4.69, 9.17) is 17.3 Å². The Labute approximate surface area is 123 Å². The van der Waals surface area contributed by atoms with Crippen molar-refractivity contribution in [2.24, 2.45) is 5.73 Å². The summed E-state index contributed by atoms with van der Waals surface area (Å²) in [7, 11) is 0. The predicted molar refractivity (Wildman–Crippen MR) is 80.7 cm³/mol. The Balaban J connectivity index is 1.99. The highest BCUT2D eigenvalue weighted by molar-refractivity contribution is 6.30. The van der Waals surface area contributed by atoms with Gasteiger partial charge in [-0.1, -0.05) is 41.9 Å². The summed E-state index contributed by atoms with van der Waals surface area (Å²) in [5, 5.41) is 3.17. The lowest BCUT2D eigenvalue weighted by Gasteiger charge is -2.12. The van der Waals surface area contributed by atoms with Crippen LogP contribution in [0.25, 0.3) is 0 Å². The largest absolute Gasteiger partial charge is 0.323 e. The van der Waals surface area contributed by atoms with Crippen molar-refractivity contribution >= 4 is 23.2 Å². The highest BCUT2D eigenvalue weighted by Gasteiger charge is 2.14. The van der Waals surface area contributed by atoms with Crippen LogP contribution in [0.3, 0.4) is 0 Å². The maximum Gasteiger partial charge on any atom is 0.241 e. The van der Waals surface area contributed by atoms with Crippen molar-refractivity contribution in [3.05, 3.63) is 58.9 Å². The lowest BCUT2D eigenvalue weighted by molar-refractivity contribution is -0.117. The van der Waals surface area contributed by atoms with Crippen molar-refractivity contribution in [3.8, 4) is 0 Å². The number of nitrogens with one attached hydrogen (secondary N) is 1. The molecule has 1 aromatic carbocycles. The van der Waals surface area contributed by atoms with Crippen LogP contribution in [0.15, 0.2) is 42.6 Å². The molecule has 5 heteroatoms. The standard InChI is InChI=1S/C15H16ClN3O/c1-10-7-12(9-18-14(10)16)19-15(20)13(17)8-11-5-3-2-4-6-11/h2-7,9,13H,8,17H2,1H3,(H,19,20)/t13-/m0/s1. The van der Waals surface area contributed by atoms with E-state index in [2.05, 4.69) is 10.3 Å². The lowest BCUT2D eigenvalue weighted by Crippen LogP contribution is -2.37. The second-order valence-corrected chi connectivity index (χ2v) is 4.98. The number of hydrogen-bond donors (Lipinski definition) is 2. The Morgan fingerprint density at radius 1 is 1.40 bits per heavy atom. The molecule has 0 saturated heterocycles. The van der Waals surface area contributed by atoms with Gasteiger partial charge in [-0.15, -0.1) is 0 Å². The van der Waals surface area contributed by atoms with E-state index in [9.17, 15) is 4.79 Å². The molecule has 0 bridgehead atoms. The molecule has 3 N–H and O–H groups in total. The molecule has 0 unspecified atom stereocenters. The number of aryl methyl sites for hydroxylation is 1. The molecule has 4 nitrogen and oxygen atoms in total. The average Bonchev–Trinajstić information content (AvgIpc) is 2.44. The Morgan fingerprint density at radius 3 is 2.75 bits per heavy atom. The zero-order valence-electron chi connectivity index (χ0n) is 11.1. The van der Waals surface area contributed by atoms with E-state index in [1.807, 2.05) is 37.3 Å². The number of amides is 1. The summed E-state index contributed by atoms with van der Waals surface area (Å²) in [6.07, 6.45) is 2.01. The number of hydrogen-bond acceptors (Lipinski definition) is 3. The summed E-state index contributed by atoms with van der Waals surface area (Å²) in [5.41, 5.74) is 8.34. The first-order chi connectivity index (χ1) is 9.56. The molecule has 2 aromatic rings. The first kappa shape index (κ1) is 14.5. The monoisotopic (exact) mass is 289 g/mol. The Kier molecular flexibility index (Phi) is 4.71. The maximum absolute atomic E-state index is 12.0. The molecular formula is C15H16ClN3O. The molecule has 0 radical (unpaired) electrons. The van der Waals surface area contributed by atoms with Gasteiger partial charge in [-0.05, 0) is 30.5 Å². The normalized spacial score (nSPS) is 11.9. The molecule has 0 aliphatic rings. The van der Waals surface area contributed by atoms with E-state index in [0.29, 0.717) is 17.3 Å². The average molecular weight is 290 g/mol. The van der Waals surface area contributed by atoms with Crippen LogP contribution in [0.2, 0.25) is 5.15 Å². The van der Waals surface area contributed by atoms with Gasteiger partial charge in [0.2, 0.25) is 5.91 Å². The summed E-state index contributed by atoms with van der Waals surface area (Å²) < 4.78 is 0. The van der Waals surface area contributed by atoms with E-state index in [0.717, 1.165) is 11.1 Å². The van der Waals surface area contributed by atoms with Gasteiger partial charge in [-0.3, -0.25) is 4.79 Å². The van der Waals surface area contributed by atoms with Crippen LogP contribution in [0, 0.1) is 6.92 Å². The fourth-order valence-electron chi connectivity index (χ4n) is 1.82. The van der Waals surface area contributed by atoms with Crippen molar-refractivity contribution in [1.82, 2.24) is 4.98 Å². The van der Waals surface area contributed by atoms with Crippen molar-refractivity contribution in [1.29, 1.82) is 0 Å². The number of carbonyl (C=O) groups is 1. The second kappa shape index (κ2) is 6.50. The van der Waals surface area contributed by atoms with Crippen molar-refractivity contribution < 1.29 is 4.79 Å². The minimum absolute atomic E-state index is 0.239. The molecule has 1 aromatic heterocycles. The van der Waals surface area contributed by atoms with Gasteiger partial charge in [0.15, 0.2) is 0 Å². The Hall–Kier alpha value is -1.91. The van der Waals surface area contributed by atoms with Crippen LogP contribution < -0.4 is 11.1 Å². The zero-order chi connectivity index (χ0) is 14.5. The van der Waals surface area contributed by atoms with Crippen LogP contribution in [0.4, 0.5) is 5.69 Å². The SMILES string of the molecule is Cc1cc(NC(=O)[C@@H](N)Cc2ccccc2)cnc1Cl. The van der Waals surface area contributed by atoms with Crippen LogP contribution >= 0.6 is 11.6 Å². The number of benzene rings is 1. The fourth-order valence-corrected chi connectivity index (χ4v) is 1.93. The molecule has 104 valence electrons. The first-order valence-electron chi connectivity index (χ1n) is 6.29. The number of pyridine rings is 1. The third-order valence-corrected chi connectivity index (χ3v) is 3.31. The minimum Gasteiger partial charge on any atom is -0.323 e. The van der Waals surface area contributed by atoms with Gasteiger partial charge >= 0.3 is 0 Å². The van der Waals surface area contributed by atoms with Crippen LogP contribution in [-0.2, 0) is 11.2 Å². The topological polar surface area (TPSA) is 68.0 Å². The molecule has 0 fully saturated rings. The number of halogens is 1. The number of nitrogens with two attached hydrogens (primary N) is 1. The van der Waals surface area contributed by atoms with Gasteiger partial charge < -0.3 is 11.1 Å². The number of anilines is 1. The smallest absolute Gasteiger partial charge is 0.241 e. The molecule has 0 aliphatic carbocycles. The number of nitrogens with zero attached hydrogens (tertiary/aromatic N) is 1. The third kappa shape index (κ3) is 3.79. The summed E-state index contributed by atoms with van der Waals surface area (Å²) in [4.78, 5) is 16.0. The minimum atomic E-state index is -0.603. The molecule has 1 amide bonds. The predicted octanol–water partition coefficient (Wildman–Crippen LogP) is 2.55.